The second-order valence-electron chi connectivity index (χ2n) is 9.22. The molecule has 3 aromatic rings. The van der Waals surface area contributed by atoms with Gasteiger partial charge in [-0.1, -0.05) is 66.0 Å². The third-order valence-corrected chi connectivity index (χ3v) is 8.78. The van der Waals surface area contributed by atoms with Gasteiger partial charge in [0.1, 0.15) is 12.6 Å². The van der Waals surface area contributed by atoms with Crippen LogP contribution in [0, 0.1) is 13.8 Å². The Hall–Kier alpha value is -3.07. The maximum Gasteiger partial charge on any atom is 0.264 e. The largest absolute Gasteiger partial charge is 0.355 e. The number of hydrogen-bond acceptors (Lipinski definition) is 4. The summed E-state index contributed by atoms with van der Waals surface area (Å²) >= 11 is 12.4. The summed E-state index contributed by atoms with van der Waals surface area (Å²) < 4.78 is 28.8. The van der Waals surface area contributed by atoms with Crippen molar-refractivity contribution in [2.75, 3.05) is 17.4 Å². The van der Waals surface area contributed by atoms with E-state index in [0.29, 0.717) is 23.0 Å². The molecule has 0 unspecified atom stereocenters. The Bertz CT molecular complexity index is 1410. The number of benzene rings is 3. The van der Waals surface area contributed by atoms with E-state index in [1.807, 2.05) is 20.8 Å². The number of nitrogens with one attached hydrogen (secondary N) is 1. The zero-order valence-electron chi connectivity index (χ0n) is 22.4. The molecule has 1 atom stereocenters. The van der Waals surface area contributed by atoms with E-state index in [0.717, 1.165) is 21.0 Å². The van der Waals surface area contributed by atoms with Crippen LogP contribution in [0.2, 0.25) is 10.0 Å². The van der Waals surface area contributed by atoms with Gasteiger partial charge in [-0.3, -0.25) is 13.9 Å². The number of likely N-dealkylation sites (N-methyl/N-ethyl adjacent to an activating group) is 1. The van der Waals surface area contributed by atoms with Crippen LogP contribution in [0.25, 0.3) is 0 Å². The van der Waals surface area contributed by atoms with Crippen LogP contribution in [0.1, 0.15) is 37.0 Å². The van der Waals surface area contributed by atoms with Gasteiger partial charge in [0, 0.05) is 23.1 Å². The standard InChI is InChI=1S/C29H33Cl2N3O4S/c1-5-27(29(36)32-6-2)33(18-22-10-12-23(30)13-11-22)28(35)19-34(24-14-9-21(4)26(31)17-24)39(37,38)25-15-7-20(3)8-16-25/h7-17,27H,5-6,18-19H2,1-4H3,(H,32,36)/t27-/m1/s1. The highest BCUT2D eigenvalue weighted by Gasteiger charge is 2.33. The van der Waals surface area contributed by atoms with Gasteiger partial charge in [0.25, 0.3) is 10.0 Å². The summed E-state index contributed by atoms with van der Waals surface area (Å²) in [7, 11) is -4.16. The number of halogens is 2. The highest BCUT2D eigenvalue weighted by Crippen LogP contribution is 2.29. The molecule has 0 aliphatic rings. The van der Waals surface area contributed by atoms with Crippen molar-refractivity contribution in [3.63, 3.8) is 0 Å². The number of carbonyl (C=O) groups excluding carboxylic acids is 2. The maximum absolute atomic E-state index is 14.0. The molecule has 0 saturated carbocycles. The molecule has 39 heavy (non-hydrogen) atoms. The van der Waals surface area contributed by atoms with Crippen LogP contribution in [0.5, 0.6) is 0 Å². The van der Waals surface area contributed by atoms with Gasteiger partial charge in [-0.25, -0.2) is 8.42 Å². The predicted octanol–water partition coefficient (Wildman–Crippen LogP) is 5.75. The van der Waals surface area contributed by atoms with Crippen molar-refractivity contribution in [3.05, 3.63) is 93.5 Å². The molecule has 10 heteroatoms. The van der Waals surface area contributed by atoms with Crippen molar-refractivity contribution in [1.82, 2.24) is 10.2 Å². The summed E-state index contributed by atoms with van der Waals surface area (Å²) in [4.78, 5) is 28.4. The first kappa shape index (κ1) is 30.5. The fraction of sp³-hybridized carbons (Fsp3) is 0.310. The summed E-state index contributed by atoms with van der Waals surface area (Å²) in [6, 6.07) is 17.4. The molecule has 208 valence electrons. The fourth-order valence-electron chi connectivity index (χ4n) is 4.10. The van der Waals surface area contributed by atoms with Gasteiger partial charge in [0.05, 0.1) is 10.6 Å². The molecule has 0 heterocycles. The molecular weight excluding hydrogens is 557 g/mol. The lowest BCUT2D eigenvalue weighted by Crippen LogP contribution is -2.52. The molecule has 0 bridgehead atoms. The molecule has 1 N–H and O–H groups in total. The first-order valence-electron chi connectivity index (χ1n) is 12.6. The number of sulfonamides is 1. The number of aryl methyl sites for hydroxylation is 2. The normalized spacial score (nSPS) is 12.1. The second kappa shape index (κ2) is 13.3. The zero-order valence-corrected chi connectivity index (χ0v) is 24.8. The molecule has 3 aromatic carbocycles. The molecule has 0 saturated heterocycles. The highest BCUT2D eigenvalue weighted by atomic mass is 35.5. The van der Waals surface area contributed by atoms with Crippen molar-refractivity contribution in [3.8, 4) is 0 Å². The average molecular weight is 591 g/mol. The molecular formula is C29H33Cl2N3O4S. The molecule has 0 aliphatic heterocycles. The van der Waals surface area contributed by atoms with Gasteiger partial charge in [-0.2, -0.15) is 0 Å². The van der Waals surface area contributed by atoms with E-state index in [2.05, 4.69) is 5.32 Å². The summed E-state index contributed by atoms with van der Waals surface area (Å²) in [5.41, 5.74) is 2.67. The Morgan fingerprint density at radius 3 is 2.13 bits per heavy atom. The van der Waals surface area contributed by atoms with Gasteiger partial charge in [0.15, 0.2) is 0 Å². The van der Waals surface area contributed by atoms with Crippen molar-refractivity contribution >= 4 is 50.7 Å². The number of nitrogens with zero attached hydrogens (tertiary/aromatic N) is 2. The second-order valence-corrected chi connectivity index (χ2v) is 11.9. The van der Waals surface area contributed by atoms with E-state index < -0.39 is 28.5 Å². The van der Waals surface area contributed by atoms with Crippen LogP contribution in [-0.2, 0) is 26.2 Å². The van der Waals surface area contributed by atoms with Crippen LogP contribution in [0.4, 0.5) is 5.69 Å². The number of carbonyl (C=O) groups is 2. The van der Waals surface area contributed by atoms with Crippen molar-refractivity contribution in [2.24, 2.45) is 0 Å². The Morgan fingerprint density at radius 1 is 0.923 bits per heavy atom. The molecule has 3 rings (SSSR count). The van der Waals surface area contributed by atoms with Crippen molar-refractivity contribution < 1.29 is 18.0 Å². The number of amides is 2. The number of rotatable bonds is 11. The molecule has 0 fully saturated rings. The minimum Gasteiger partial charge on any atom is -0.355 e. The quantitative estimate of drug-likeness (QED) is 0.308. The first-order chi connectivity index (χ1) is 18.5. The van der Waals surface area contributed by atoms with Crippen LogP contribution in [0.3, 0.4) is 0 Å². The smallest absolute Gasteiger partial charge is 0.264 e. The lowest BCUT2D eigenvalue weighted by atomic mass is 10.1. The van der Waals surface area contributed by atoms with Gasteiger partial charge in [-0.15, -0.1) is 0 Å². The van der Waals surface area contributed by atoms with E-state index in [1.54, 1.807) is 55.5 Å². The molecule has 7 nitrogen and oxygen atoms in total. The number of anilines is 1. The third-order valence-electron chi connectivity index (χ3n) is 6.33. The Balaban J connectivity index is 2.08. The molecule has 0 radical (unpaired) electrons. The van der Waals surface area contributed by atoms with Crippen molar-refractivity contribution in [1.29, 1.82) is 0 Å². The molecule has 0 aliphatic carbocycles. The maximum atomic E-state index is 14.0. The minimum atomic E-state index is -4.16. The number of hydrogen-bond donors (Lipinski definition) is 1. The average Bonchev–Trinajstić information content (AvgIpc) is 2.90. The summed E-state index contributed by atoms with van der Waals surface area (Å²) in [5, 5.41) is 3.70. The first-order valence-corrected chi connectivity index (χ1v) is 14.8. The predicted molar refractivity (Wildman–Crippen MR) is 157 cm³/mol. The van der Waals surface area contributed by atoms with Crippen LogP contribution < -0.4 is 9.62 Å². The third kappa shape index (κ3) is 7.53. The lowest BCUT2D eigenvalue weighted by molar-refractivity contribution is -0.140. The van der Waals surface area contributed by atoms with Gasteiger partial charge in [-0.05, 0) is 74.7 Å². The van der Waals surface area contributed by atoms with Crippen LogP contribution in [0.15, 0.2) is 71.6 Å². The van der Waals surface area contributed by atoms with Gasteiger partial charge >= 0.3 is 0 Å². The van der Waals surface area contributed by atoms with Crippen molar-refractivity contribution in [2.45, 2.75) is 51.6 Å². The Kier molecular flexibility index (Phi) is 10.4. The Labute approximate surface area is 240 Å². The van der Waals surface area contributed by atoms with Crippen LogP contribution >= 0.6 is 23.2 Å². The molecule has 0 aromatic heterocycles. The Morgan fingerprint density at radius 2 is 1.56 bits per heavy atom. The molecule has 2 amide bonds. The van der Waals surface area contributed by atoms with E-state index >= 15 is 0 Å². The minimum absolute atomic E-state index is 0.0395. The lowest BCUT2D eigenvalue weighted by Gasteiger charge is -2.33. The van der Waals surface area contributed by atoms with Gasteiger partial charge in [0.2, 0.25) is 11.8 Å². The highest BCUT2D eigenvalue weighted by molar-refractivity contribution is 7.92. The monoisotopic (exact) mass is 589 g/mol. The van der Waals surface area contributed by atoms with Crippen LogP contribution in [-0.4, -0.2) is 44.3 Å². The van der Waals surface area contributed by atoms with E-state index in [1.165, 1.54) is 23.1 Å². The summed E-state index contributed by atoms with van der Waals surface area (Å²) in [6.45, 7) is 7.24. The summed E-state index contributed by atoms with van der Waals surface area (Å²) in [5.74, 6) is -0.843. The van der Waals surface area contributed by atoms with Gasteiger partial charge < -0.3 is 10.2 Å². The summed E-state index contributed by atoms with van der Waals surface area (Å²) in [6.07, 6.45) is 0.340. The van der Waals surface area contributed by atoms with E-state index in [4.69, 9.17) is 23.2 Å². The van der Waals surface area contributed by atoms with E-state index in [-0.39, 0.29) is 23.0 Å². The zero-order chi connectivity index (χ0) is 28.7. The SMILES string of the molecule is CCNC(=O)[C@@H](CC)N(Cc1ccc(Cl)cc1)C(=O)CN(c1ccc(C)c(Cl)c1)S(=O)(=O)c1ccc(C)cc1. The molecule has 0 spiro atoms. The topological polar surface area (TPSA) is 86.8 Å². The fourth-order valence-corrected chi connectivity index (χ4v) is 5.81. The van der Waals surface area contributed by atoms with E-state index in [9.17, 15) is 18.0 Å².